The molecule has 4 rings (SSSR count). The third-order valence-corrected chi connectivity index (χ3v) is 4.72. The Balaban J connectivity index is 1.42. The van der Waals surface area contributed by atoms with Crippen molar-refractivity contribution in [1.82, 2.24) is 4.98 Å². The van der Waals surface area contributed by atoms with Gasteiger partial charge < -0.3 is 13.9 Å². The molecule has 0 saturated heterocycles. The number of benzene rings is 3. The summed E-state index contributed by atoms with van der Waals surface area (Å²) in [6.07, 6.45) is 2.04. The quantitative estimate of drug-likeness (QED) is 0.421. The van der Waals surface area contributed by atoms with E-state index in [0.717, 1.165) is 45.4 Å². The van der Waals surface area contributed by atoms with Crippen LogP contribution in [0.4, 0.5) is 0 Å². The van der Waals surface area contributed by atoms with Gasteiger partial charge in [0.05, 0.1) is 12.3 Å². The molecule has 0 spiro atoms. The van der Waals surface area contributed by atoms with Gasteiger partial charge in [0.15, 0.2) is 0 Å². The highest BCUT2D eigenvalue weighted by atomic mass is 16.5. The highest BCUT2D eigenvalue weighted by Crippen LogP contribution is 2.24. The number of carbonyl (C=O) groups excluding carboxylic acids is 1. The Hall–Kier alpha value is -3.40. The summed E-state index contributed by atoms with van der Waals surface area (Å²) >= 11 is 0. The Morgan fingerprint density at radius 2 is 1.79 bits per heavy atom. The zero-order valence-corrected chi connectivity index (χ0v) is 15.7. The Kier molecular flexibility index (Phi) is 5.20. The highest BCUT2D eigenvalue weighted by Gasteiger charge is 2.11. The Morgan fingerprint density at radius 1 is 1.00 bits per heavy atom. The molecule has 0 N–H and O–H groups in total. The van der Waals surface area contributed by atoms with Crippen LogP contribution in [0.5, 0.6) is 5.75 Å². The molecule has 0 atom stereocenters. The number of carbonyl (C=O) groups is 1. The first-order chi connectivity index (χ1) is 13.7. The lowest BCUT2D eigenvalue weighted by Gasteiger charge is -2.07. The van der Waals surface area contributed by atoms with Gasteiger partial charge in [0, 0.05) is 18.4 Å². The predicted molar refractivity (Wildman–Crippen MR) is 110 cm³/mol. The van der Waals surface area contributed by atoms with Gasteiger partial charge in [0.25, 0.3) is 0 Å². The molecule has 0 amide bonds. The van der Waals surface area contributed by atoms with E-state index in [-0.39, 0.29) is 0 Å². The minimum absolute atomic E-state index is 0.441. The third-order valence-electron chi connectivity index (χ3n) is 4.72. The normalized spacial score (nSPS) is 10.9. The lowest BCUT2D eigenvalue weighted by atomic mass is 10.1. The molecule has 0 radical (unpaired) electrons. The molecule has 4 heteroatoms. The second-order valence-electron chi connectivity index (χ2n) is 6.70. The SMILES string of the molecule is Cc1oc(-c2ccccc2)nc1CCOc1ccc2cc(CC=O)ccc2c1. The molecule has 140 valence electrons. The number of nitrogens with zero attached hydrogens (tertiary/aromatic N) is 1. The molecule has 3 aromatic carbocycles. The minimum atomic E-state index is 0.441. The Morgan fingerprint density at radius 3 is 2.61 bits per heavy atom. The van der Waals surface area contributed by atoms with Gasteiger partial charge in [-0.25, -0.2) is 4.98 Å². The summed E-state index contributed by atoms with van der Waals surface area (Å²) in [5.74, 6) is 2.29. The van der Waals surface area contributed by atoms with Crippen molar-refractivity contribution < 1.29 is 13.9 Å². The van der Waals surface area contributed by atoms with E-state index in [2.05, 4.69) is 4.98 Å². The Labute approximate surface area is 163 Å². The van der Waals surface area contributed by atoms with Crippen LogP contribution in [0.2, 0.25) is 0 Å². The topological polar surface area (TPSA) is 52.3 Å². The maximum absolute atomic E-state index is 10.7. The molecule has 28 heavy (non-hydrogen) atoms. The first kappa shape index (κ1) is 18.0. The summed E-state index contributed by atoms with van der Waals surface area (Å²) in [7, 11) is 0. The van der Waals surface area contributed by atoms with Crippen LogP contribution in [-0.2, 0) is 17.6 Å². The standard InChI is InChI=1S/C24H21NO3/c1-17-23(25-24(28-17)19-5-3-2-4-6-19)12-14-27-22-10-9-20-15-18(11-13-26)7-8-21(20)16-22/h2-10,13,15-16H,11-12,14H2,1H3. The molecule has 0 unspecified atom stereocenters. The average molecular weight is 371 g/mol. The molecule has 4 nitrogen and oxygen atoms in total. The molecule has 1 heterocycles. The Bertz CT molecular complexity index is 1100. The van der Waals surface area contributed by atoms with Crippen LogP contribution in [-0.4, -0.2) is 17.9 Å². The third kappa shape index (κ3) is 3.96. The van der Waals surface area contributed by atoms with Gasteiger partial charge in [-0.1, -0.05) is 42.5 Å². The first-order valence-corrected chi connectivity index (χ1v) is 9.34. The van der Waals surface area contributed by atoms with Gasteiger partial charge in [-0.15, -0.1) is 0 Å². The van der Waals surface area contributed by atoms with Crippen LogP contribution in [0.3, 0.4) is 0 Å². The summed E-state index contributed by atoms with van der Waals surface area (Å²) in [4.78, 5) is 15.3. The maximum atomic E-state index is 10.7. The predicted octanol–water partition coefficient (Wildman–Crippen LogP) is 5.17. The zero-order chi connectivity index (χ0) is 19.3. The number of oxazole rings is 1. The van der Waals surface area contributed by atoms with Crippen molar-refractivity contribution >= 4 is 17.1 Å². The van der Waals surface area contributed by atoms with E-state index in [4.69, 9.17) is 9.15 Å². The maximum Gasteiger partial charge on any atom is 0.226 e. The summed E-state index contributed by atoms with van der Waals surface area (Å²) < 4.78 is 11.7. The van der Waals surface area contributed by atoms with Crippen LogP contribution in [0.15, 0.2) is 71.1 Å². The van der Waals surface area contributed by atoms with Gasteiger partial charge in [0.1, 0.15) is 17.8 Å². The van der Waals surface area contributed by atoms with Gasteiger partial charge in [-0.2, -0.15) is 0 Å². The highest BCUT2D eigenvalue weighted by molar-refractivity contribution is 5.85. The van der Waals surface area contributed by atoms with E-state index in [0.29, 0.717) is 25.3 Å². The van der Waals surface area contributed by atoms with Crippen LogP contribution >= 0.6 is 0 Å². The molecule has 1 aromatic heterocycles. The van der Waals surface area contributed by atoms with Crippen molar-refractivity contribution in [3.05, 3.63) is 83.7 Å². The van der Waals surface area contributed by atoms with Crippen molar-refractivity contribution in [2.24, 2.45) is 0 Å². The van der Waals surface area contributed by atoms with Crippen molar-refractivity contribution in [1.29, 1.82) is 0 Å². The summed E-state index contributed by atoms with van der Waals surface area (Å²) in [5.41, 5.74) is 2.91. The number of aldehydes is 1. The van der Waals surface area contributed by atoms with Gasteiger partial charge >= 0.3 is 0 Å². The number of ether oxygens (including phenoxy) is 1. The largest absolute Gasteiger partial charge is 0.493 e. The minimum Gasteiger partial charge on any atom is -0.493 e. The van der Waals surface area contributed by atoms with Gasteiger partial charge in [0.2, 0.25) is 5.89 Å². The number of hydrogen-bond donors (Lipinski definition) is 0. The van der Waals surface area contributed by atoms with Crippen LogP contribution in [0.1, 0.15) is 17.0 Å². The fourth-order valence-electron chi connectivity index (χ4n) is 3.22. The van der Waals surface area contributed by atoms with E-state index < -0.39 is 0 Å². The molecule has 0 aliphatic heterocycles. The second-order valence-corrected chi connectivity index (χ2v) is 6.70. The van der Waals surface area contributed by atoms with E-state index in [9.17, 15) is 4.79 Å². The van der Waals surface area contributed by atoms with Crippen LogP contribution in [0.25, 0.3) is 22.2 Å². The van der Waals surface area contributed by atoms with E-state index in [1.165, 1.54) is 0 Å². The van der Waals surface area contributed by atoms with Crippen molar-refractivity contribution in [3.8, 4) is 17.2 Å². The van der Waals surface area contributed by atoms with E-state index in [1.807, 2.05) is 73.7 Å². The number of rotatable bonds is 7. The molecular weight excluding hydrogens is 350 g/mol. The first-order valence-electron chi connectivity index (χ1n) is 9.34. The van der Waals surface area contributed by atoms with Gasteiger partial charge in [-0.3, -0.25) is 0 Å². The van der Waals surface area contributed by atoms with E-state index >= 15 is 0 Å². The molecule has 0 bridgehead atoms. The molecule has 4 aromatic rings. The van der Waals surface area contributed by atoms with Crippen molar-refractivity contribution in [3.63, 3.8) is 0 Å². The molecule has 0 aliphatic carbocycles. The second kappa shape index (κ2) is 8.09. The monoisotopic (exact) mass is 371 g/mol. The summed E-state index contributed by atoms with van der Waals surface area (Å²) in [5, 5.41) is 2.20. The molecular formula is C24H21NO3. The number of aryl methyl sites for hydroxylation is 1. The average Bonchev–Trinajstić information content (AvgIpc) is 3.10. The van der Waals surface area contributed by atoms with Gasteiger partial charge in [-0.05, 0) is 47.5 Å². The molecule has 0 saturated carbocycles. The smallest absolute Gasteiger partial charge is 0.226 e. The fraction of sp³-hybridized carbons (Fsp3) is 0.167. The number of fused-ring (bicyclic) bond motifs is 1. The number of aromatic nitrogens is 1. The fourth-order valence-corrected chi connectivity index (χ4v) is 3.22. The van der Waals surface area contributed by atoms with E-state index in [1.54, 1.807) is 0 Å². The molecule has 0 aliphatic rings. The summed E-state index contributed by atoms with van der Waals surface area (Å²) in [6, 6.07) is 21.9. The zero-order valence-electron chi connectivity index (χ0n) is 15.7. The number of hydrogen-bond acceptors (Lipinski definition) is 4. The lowest BCUT2D eigenvalue weighted by Crippen LogP contribution is -2.02. The lowest BCUT2D eigenvalue weighted by molar-refractivity contribution is -0.107. The van der Waals surface area contributed by atoms with Crippen molar-refractivity contribution in [2.45, 2.75) is 19.8 Å². The summed E-state index contributed by atoms with van der Waals surface area (Å²) in [6.45, 7) is 2.46. The van der Waals surface area contributed by atoms with Crippen LogP contribution < -0.4 is 4.74 Å². The van der Waals surface area contributed by atoms with Crippen LogP contribution in [0, 0.1) is 6.92 Å². The van der Waals surface area contributed by atoms with Crippen molar-refractivity contribution in [2.75, 3.05) is 6.61 Å². The molecule has 0 fully saturated rings.